The first-order chi connectivity index (χ1) is 28.4. The molecule has 286 valence electrons. The molecule has 0 atom stereocenters. The van der Waals surface area contributed by atoms with Gasteiger partial charge in [-0.3, -0.25) is 0 Å². The zero-order valence-corrected chi connectivity index (χ0v) is 35.0. The summed E-state index contributed by atoms with van der Waals surface area (Å²) in [6.45, 7) is 15.1. The smallest absolute Gasteiger partial charge is 0.0541 e. The molecule has 0 spiro atoms. The molecule has 0 radical (unpaired) electrons. The average molecular weight is 752 g/mol. The van der Waals surface area contributed by atoms with Gasteiger partial charge in [0.2, 0.25) is 0 Å². The van der Waals surface area contributed by atoms with Crippen molar-refractivity contribution in [2.24, 2.45) is 0 Å². The molecule has 1 aliphatic rings. The lowest BCUT2D eigenvalue weighted by Gasteiger charge is -2.33. The van der Waals surface area contributed by atoms with Crippen LogP contribution in [-0.2, 0) is 11.8 Å². The van der Waals surface area contributed by atoms with Crippen LogP contribution in [0.25, 0.3) is 83.2 Å². The molecule has 0 unspecified atom stereocenters. The monoisotopic (exact) mass is 751 g/mol. The highest BCUT2D eigenvalue weighted by molar-refractivity contribution is 5.92. The number of benzene rings is 8. The number of hydrogen-bond donors (Lipinski definition) is 0. The van der Waals surface area contributed by atoms with Crippen LogP contribution in [-0.4, -0.2) is 4.57 Å². The molecule has 10 rings (SSSR count). The largest absolute Gasteiger partial charge is 0.309 e. The SMILES string of the molecule is CC.CC.CC1=c2/c(=C\Cc3cccc(-c4ccc5ccccc5c4)c3)c3cc(-c4cccc(-c5ccc6ccccc6c5)c4)ccc3n2-c2ccccc2C1(C)C. The zero-order chi connectivity index (χ0) is 40.4. The summed E-state index contributed by atoms with van der Waals surface area (Å²) in [6.07, 6.45) is 3.32. The van der Waals surface area contributed by atoms with Crippen LogP contribution in [0.3, 0.4) is 0 Å². The second-order valence-corrected chi connectivity index (χ2v) is 15.4. The number of hydrogen-bond acceptors (Lipinski definition) is 0. The molecule has 0 saturated carbocycles. The molecule has 0 N–H and O–H groups in total. The minimum absolute atomic E-state index is 0.101. The highest BCUT2D eigenvalue weighted by atomic mass is 15.0. The highest BCUT2D eigenvalue weighted by Gasteiger charge is 2.32. The van der Waals surface area contributed by atoms with Crippen LogP contribution in [0.1, 0.15) is 59.6 Å². The van der Waals surface area contributed by atoms with E-state index in [0.29, 0.717) is 0 Å². The first kappa shape index (κ1) is 38.4. The van der Waals surface area contributed by atoms with E-state index in [9.17, 15) is 0 Å². The Morgan fingerprint density at radius 1 is 0.466 bits per heavy atom. The van der Waals surface area contributed by atoms with Gasteiger partial charge >= 0.3 is 0 Å². The van der Waals surface area contributed by atoms with Crippen molar-refractivity contribution in [1.29, 1.82) is 0 Å². The fourth-order valence-electron chi connectivity index (χ4n) is 8.73. The second-order valence-electron chi connectivity index (χ2n) is 15.4. The Kier molecular flexibility index (Phi) is 10.7. The lowest BCUT2D eigenvalue weighted by molar-refractivity contribution is 0.656. The molecule has 0 aliphatic carbocycles. The van der Waals surface area contributed by atoms with Gasteiger partial charge in [-0.2, -0.15) is 0 Å². The van der Waals surface area contributed by atoms with Crippen LogP contribution in [0.4, 0.5) is 0 Å². The van der Waals surface area contributed by atoms with E-state index in [2.05, 4.69) is 207 Å². The van der Waals surface area contributed by atoms with Crippen molar-refractivity contribution in [2.45, 2.75) is 60.3 Å². The van der Waals surface area contributed by atoms with Crippen LogP contribution >= 0.6 is 0 Å². The molecule has 9 aromatic rings. The zero-order valence-electron chi connectivity index (χ0n) is 35.0. The van der Waals surface area contributed by atoms with Gasteiger partial charge in [-0.25, -0.2) is 0 Å². The maximum atomic E-state index is 2.53. The quantitative estimate of drug-likeness (QED) is 0.165. The van der Waals surface area contributed by atoms with E-state index >= 15 is 0 Å². The van der Waals surface area contributed by atoms with E-state index in [1.165, 1.54) is 98.8 Å². The third-order valence-electron chi connectivity index (χ3n) is 11.9. The van der Waals surface area contributed by atoms with E-state index < -0.39 is 0 Å². The average Bonchev–Trinajstić information content (AvgIpc) is 3.62. The van der Waals surface area contributed by atoms with Gasteiger partial charge in [-0.05, 0) is 121 Å². The minimum Gasteiger partial charge on any atom is -0.309 e. The highest BCUT2D eigenvalue weighted by Crippen LogP contribution is 2.39. The van der Waals surface area contributed by atoms with E-state index in [4.69, 9.17) is 0 Å². The van der Waals surface area contributed by atoms with E-state index in [0.717, 1.165) is 6.42 Å². The number of rotatable bonds is 5. The minimum atomic E-state index is -0.101. The molecule has 1 nitrogen and oxygen atoms in total. The number of aromatic nitrogens is 1. The van der Waals surface area contributed by atoms with Gasteiger partial charge in [0.05, 0.1) is 16.6 Å². The Morgan fingerprint density at radius 3 is 1.60 bits per heavy atom. The number of para-hydroxylation sites is 1. The van der Waals surface area contributed by atoms with Crippen LogP contribution in [0.15, 0.2) is 176 Å². The number of fused-ring (bicyclic) bond motifs is 7. The van der Waals surface area contributed by atoms with Gasteiger partial charge in [0.1, 0.15) is 0 Å². The van der Waals surface area contributed by atoms with Crippen molar-refractivity contribution in [2.75, 3.05) is 0 Å². The molecule has 2 heterocycles. The van der Waals surface area contributed by atoms with Gasteiger partial charge < -0.3 is 4.57 Å². The molecule has 1 heteroatoms. The van der Waals surface area contributed by atoms with Crippen molar-refractivity contribution >= 4 is 44.1 Å². The fraction of sp³-hybridized carbons (Fsp3) is 0.158. The summed E-state index contributed by atoms with van der Waals surface area (Å²) in [7, 11) is 0. The molecule has 1 aromatic heterocycles. The van der Waals surface area contributed by atoms with Crippen LogP contribution in [0.5, 0.6) is 0 Å². The summed E-state index contributed by atoms with van der Waals surface area (Å²) < 4.78 is 2.53. The van der Waals surface area contributed by atoms with Crippen molar-refractivity contribution in [3.63, 3.8) is 0 Å². The standard InChI is InChI=1S/C53H41N.2C2H6/c1-35-52-47(28-22-36-12-10-17-39(30-36)44-25-23-37-13-4-6-15-40(37)31-44)48-34-46(27-29-50(48)54(52)51-21-9-8-20-49(51)53(35,2)3)43-19-11-18-42(33-43)45-26-24-38-14-5-7-16-41(38)32-45;2*1-2/h4-21,23-34H,22H2,1-3H3;2*1-2H3/b47-28-;;. The fourth-order valence-corrected chi connectivity index (χ4v) is 8.73. The van der Waals surface area contributed by atoms with E-state index in [1.807, 2.05) is 27.7 Å². The van der Waals surface area contributed by atoms with Gasteiger partial charge in [-0.15, -0.1) is 0 Å². The third-order valence-corrected chi connectivity index (χ3v) is 11.9. The molecule has 0 fully saturated rings. The van der Waals surface area contributed by atoms with Gasteiger partial charge in [-0.1, -0.05) is 187 Å². The van der Waals surface area contributed by atoms with E-state index in [-0.39, 0.29) is 5.41 Å². The maximum absolute atomic E-state index is 2.53. The molecular formula is C57H53N. The summed E-state index contributed by atoms with van der Waals surface area (Å²) in [5.74, 6) is 0. The first-order valence-corrected chi connectivity index (χ1v) is 21.1. The lowest BCUT2D eigenvalue weighted by Crippen LogP contribution is -2.41. The molecule has 58 heavy (non-hydrogen) atoms. The Bertz CT molecular complexity index is 3060. The Labute approximate surface area is 344 Å². The Morgan fingerprint density at radius 2 is 0.966 bits per heavy atom. The molecule has 1 aliphatic heterocycles. The normalized spacial score (nSPS) is 13.0. The maximum Gasteiger partial charge on any atom is 0.0541 e. The topological polar surface area (TPSA) is 4.93 Å². The predicted molar refractivity (Wildman–Crippen MR) is 253 cm³/mol. The summed E-state index contributed by atoms with van der Waals surface area (Å²) in [5, 5.41) is 8.99. The van der Waals surface area contributed by atoms with Gasteiger partial charge in [0.15, 0.2) is 0 Å². The Balaban J connectivity index is 0.00000114. The van der Waals surface area contributed by atoms with Crippen molar-refractivity contribution < 1.29 is 0 Å². The summed E-state index contributed by atoms with van der Waals surface area (Å²) >= 11 is 0. The van der Waals surface area contributed by atoms with E-state index in [1.54, 1.807) is 0 Å². The molecule has 8 aromatic carbocycles. The van der Waals surface area contributed by atoms with Crippen LogP contribution in [0.2, 0.25) is 0 Å². The summed E-state index contributed by atoms with van der Waals surface area (Å²) in [6, 6.07) is 64.9. The van der Waals surface area contributed by atoms with Crippen LogP contribution in [0, 0.1) is 0 Å². The summed E-state index contributed by atoms with van der Waals surface area (Å²) in [4.78, 5) is 0. The molecule has 0 amide bonds. The molecule has 0 saturated heterocycles. The van der Waals surface area contributed by atoms with Gasteiger partial charge in [0.25, 0.3) is 0 Å². The first-order valence-electron chi connectivity index (χ1n) is 21.1. The summed E-state index contributed by atoms with van der Waals surface area (Å²) in [5.41, 5.74) is 13.9. The predicted octanol–water partition coefficient (Wildman–Crippen LogP) is 14.5. The Hall–Kier alpha value is -6.44. The van der Waals surface area contributed by atoms with Crippen LogP contribution < -0.4 is 10.6 Å². The number of nitrogens with zero attached hydrogens (tertiary/aromatic N) is 1. The van der Waals surface area contributed by atoms with Crippen molar-refractivity contribution in [3.8, 4) is 39.1 Å². The lowest BCUT2D eigenvalue weighted by atomic mass is 9.75. The van der Waals surface area contributed by atoms with Crippen molar-refractivity contribution in [3.05, 3.63) is 198 Å². The molecular weight excluding hydrogens is 699 g/mol. The van der Waals surface area contributed by atoms with Gasteiger partial charge in [0, 0.05) is 16.0 Å². The molecule has 0 bridgehead atoms. The third kappa shape index (κ3) is 6.86. The second kappa shape index (κ2) is 16.2. The van der Waals surface area contributed by atoms with Crippen molar-refractivity contribution in [1.82, 2.24) is 4.57 Å².